The molecule has 0 saturated carbocycles. The van der Waals surface area contributed by atoms with Gasteiger partial charge in [-0.05, 0) is 27.4 Å². The van der Waals surface area contributed by atoms with Gasteiger partial charge in [-0.2, -0.15) is 0 Å². The van der Waals surface area contributed by atoms with Crippen molar-refractivity contribution in [3.05, 3.63) is 0 Å². The van der Waals surface area contributed by atoms with E-state index in [0.29, 0.717) is 0 Å². The highest BCUT2D eigenvalue weighted by Gasteiger charge is 1.74. The van der Waals surface area contributed by atoms with Crippen molar-refractivity contribution in [1.82, 2.24) is 0 Å². The lowest BCUT2D eigenvalue weighted by Crippen LogP contribution is -2.49. The second-order valence-electron chi connectivity index (χ2n) is 4.09. The van der Waals surface area contributed by atoms with Gasteiger partial charge in [0.15, 0.2) is 0 Å². The molecule has 0 rings (SSSR count). The summed E-state index contributed by atoms with van der Waals surface area (Å²) in [7, 11) is -5.14. The molecular formula is C12H37N3O4P+. The van der Waals surface area contributed by atoms with Crippen LogP contribution in [0.3, 0.4) is 0 Å². The van der Waals surface area contributed by atoms with Gasteiger partial charge in [0, 0.05) is 0 Å². The van der Waals surface area contributed by atoms with Crippen molar-refractivity contribution in [2.75, 3.05) is 19.6 Å². The lowest BCUT2D eigenvalue weighted by atomic mass is 10.3. The van der Waals surface area contributed by atoms with Crippen LogP contribution in [0.4, 0.5) is 0 Å². The molecule has 0 aliphatic heterocycles. The van der Waals surface area contributed by atoms with Crippen LogP contribution in [0.5, 0.6) is 0 Å². The molecule has 128 valence electrons. The molecule has 0 atom stereocenters. The lowest BCUT2D eigenvalue weighted by molar-refractivity contribution is -0.453. The number of unbranched alkanes of at least 4 members (excludes halogenated alkanes) is 3. The molecule has 0 aliphatic rings. The van der Waals surface area contributed by atoms with Crippen LogP contribution < -0.4 is 31.9 Å². The second kappa shape index (κ2) is 27.5. The molecule has 10 N–H and O–H groups in total. The van der Waals surface area contributed by atoms with E-state index in [4.69, 9.17) is 19.6 Å². The lowest BCUT2D eigenvalue weighted by Gasteiger charge is -2.31. The number of hydrogen-bond donors (Lipinski definition) is 4. The monoisotopic (exact) mass is 318 g/mol. The largest absolute Gasteiger partial charge is 0.663 e. The molecule has 0 aliphatic carbocycles. The Morgan fingerprint density at radius 3 is 0.850 bits per heavy atom. The average molecular weight is 318 g/mol. The van der Waals surface area contributed by atoms with Gasteiger partial charge in [-0.3, -0.25) is 4.89 Å². The first-order valence-corrected chi connectivity index (χ1v) is 8.86. The smallest absolute Gasteiger partial charge is 0.0739 e. The summed E-state index contributed by atoms with van der Waals surface area (Å²) in [6.07, 6.45) is 7.68. The van der Waals surface area contributed by atoms with Crippen molar-refractivity contribution in [1.29, 1.82) is 0 Å². The highest BCUT2D eigenvalue weighted by atomic mass is 31.2. The minimum absolute atomic E-state index is 1.09. The molecule has 0 fully saturated rings. The molecule has 0 unspecified atom stereocenters. The highest BCUT2D eigenvalue weighted by Crippen LogP contribution is 2.16. The molecule has 0 amide bonds. The minimum Gasteiger partial charge on any atom is -0.663 e. The molecule has 0 aromatic rings. The fourth-order valence-electron chi connectivity index (χ4n) is 0.750. The zero-order valence-electron chi connectivity index (χ0n) is 13.6. The highest BCUT2D eigenvalue weighted by molar-refractivity contribution is 7.47. The Balaban J connectivity index is -0.0000000853. The van der Waals surface area contributed by atoms with E-state index in [2.05, 4.69) is 38.0 Å². The van der Waals surface area contributed by atoms with Crippen LogP contribution >= 0.6 is 8.17 Å². The van der Waals surface area contributed by atoms with Gasteiger partial charge in [-0.15, -0.1) is 0 Å². The van der Waals surface area contributed by atoms with Crippen molar-refractivity contribution >= 4 is 8.17 Å². The first kappa shape index (κ1) is 28.3. The summed E-state index contributed by atoms with van der Waals surface area (Å²) in [4.78, 5) is 32.9. The van der Waals surface area contributed by atoms with E-state index in [1.165, 1.54) is 38.5 Å². The first-order valence-electron chi connectivity index (χ1n) is 7.37. The molecule has 0 radical (unpaired) electrons. The maximum absolute atomic E-state index is 8.66. The van der Waals surface area contributed by atoms with Gasteiger partial charge in [0.05, 0.1) is 19.6 Å². The molecule has 0 bridgehead atoms. The van der Waals surface area contributed by atoms with Crippen LogP contribution in [0.25, 0.3) is 0 Å². The Morgan fingerprint density at radius 1 is 0.700 bits per heavy atom. The van der Waals surface area contributed by atoms with E-state index < -0.39 is 8.17 Å². The van der Waals surface area contributed by atoms with Crippen LogP contribution in [0, 0.1) is 0 Å². The van der Waals surface area contributed by atoms with E-state index in [-0.39, 0.29) is 0 Å². The summed E-state index contributed by atoms with van der Waals surface area (Å²) in [6, 6.07) is 0. The van der Waals surface area contributed by atoms with E-state index in [9.17, 15) is 0 Å². The van der Waals surface area contributed by atoms with Gasteiger partial charge in [-0.1, -0.05) is 40.0 Å². The quantitative estimate of drug-likeness (QED) is 0.378. The standard InChI is InChI=1S/3C4H11N.H3O4P/c3*1-2-3-4-5;1-5(2,3)4/h3*2-5H2,1H3;(H3,1,2,3,4)/p+1. The minimum atomic E-state index is -5.14. The molecule has 7 nitrogen and oxygen atoms in total. The van der Waals surface area contributed by atoms with Crippen LogP contribution in [-0.4, -0.2) is 24.5 Å². The predicted molar refractivity (Wildman–Crippen MR) is 77.1 cm³/mol. The number of rotatable bonds is 6. The third kappa shape index (κ3) is 141. The summed E-state index contributed by atoms with van der Waals surface area (Å²) in [5.41, 5.74) is 11.0. The second-order valence-corrected chi connectivity index (χ2v) is 5.03. The zero-order valence-corrected chi connectivity index (χ0v) is 14.5. The van der Waals surface area contributed by atoms with E-state index in [1.54, 1.807) is 0 Å². The molecule has 8 heteroatoms. The Kier molecular flexibility index (Phi) is 38.9. The summed E-state index contributed by atoms with van der Waals surface area (Å²) >= 11 is 0. The predicted octanol–water partition coefficient (Wildman–Crippen LogP) is -3.18. The molecule has 20 heavy (non-hydrogen) atoms. The maximum atomic E-state index is 8.66. The van der Waals surface area contributed by atoms with Crippen molar-refractivity contribution in [3.63, 3.8) is 0 Å². The average Bonchev–Trinajstić information content (AvgIpc) is 2.31. The number of quaternary nitrogens is 3. The van der Waals surface area contributed by atoms with Gasteiger partial charge < -0.3 is 31.9 Å². The fourth-order valence-corrected chi connectivity index (χ4v) is 0.750. The van der Waals surface area contributed by atoms with Gasteiger partial charge in [0.2, 0.25) is 0 Å². The van der Waals surface area contributed by atoms with Gasteiger partial charge in [-0.25, -0.2) is 0 Å². The molecule has 0 aromatic heterocycles. The fraction of sp³-hybridized carbons (Fsp3) is 1.00. The third-order valence-electron chi connectivity index (χ3n) is 1.81. The van der Waals surface area contributed by atoms with Crippen LogP contribution in [0.2, 0.25) is 0 Å². The van der Waals surface area contributed by atoms with Gasteiger partial charge >= 0.3 is 0 Å². The third-order valence-corrected chi connectivity index (χ3v) is 1.81. The Bertz CT molecular complexity index is 112. The number of hydrogen-bond acceptors (Lipinski definition) is 4. The summed E-state index contributed by atoms with van der Waals surface area (Å²) < 4.78 is 0. The SMILES string of the molecule is CCCC[NH3+].CCCC[NH3+].CCCC[NH3+].[O-][P+]([O-])([O-])O. The summed E-state index contributed by atoms with van der Waals surface area (Å²) in [5.74, 6) is 0. The Morgan fingerprint density at radius 2 is 0.850 bits per heavy atom. The molecule has 0 heterocycles. The normalized spacial score (nSPS) is 9.30. The molecule has 0 spiro atoms. The first-order chi connectivity index (χ1) is 9.24. The van der Waals surface area contributed by atoms with Crippen molar-refractivity contribution < 1.29 is 36.8 Å². The maximum Gasteiger partial charge on any atom is 0.0739 e. The van der Waals surface area contributed by atoms with Crippen molar-refractivity contribution in [2.24, 2.45) is 0 Å². The van der Waals surface area contributed by atoms with E-state index >= 15 is 0 Å². The molecule has 0 saturated heterocycles. The van der Waals surface area contributed by atoms with Crippen LogP contribution in [0.1, 0.15) is 59.3 Å². The Labute approximate surface area is 124 Å². The topological polar surface area (TPSA) is 172 Å². The van der Waals surface area contributed by atoms with Crippen molar-refractivity contribution in [3.8, 4) is 0 Å². The summed E-state index contributed by atoms with van der Waals surface area (Å²) in [6.45, 7) is 9.80. The van der Waals surface area contributed by atoms with Gasteiger partial charge in [0.1, 0.15) is 0 Å². The Hall–Kier alpha value is 0.150. The molecule has 0 aromatic carbocycles. The summed E-state index contributed by atoms with van der Waals surface area (Å²) in [5, 5.41) is 0. The number of phosphoric acid groups is 1. The van der Waals surface area contributed by atoms with Crippen LogP contribution in [-0.2, 0) is 0 Å². The molecular weight excluding hydrogens is 281 g/mol. The van der Waals surface area contributed by atoms with E-state index in [0.717, 1.165) is 19.6 Å². The van der Waals surface area contributed by atoms with E-state index in [1.807, 2.05) is 0 Å². The zero-order chi connectivity index (χ0) is 16.9. The van der Waals surface area contributed by atoms with Crippen LogP contribution in [0.15, 0.2) is 0 Å². The van der Waals surface area contributed by atoms with Gasteiger partial charge in [0.25, 0.3) is 0 Å². The van der Waals surface area contributed by atoms with Crippen molar-refractivity contribution in [2.45, 2.75) is 59.3 Å².